The third-order valence-electron chi connectivity index (χ3n) is 2.15. The molecular formula is C7H18N2OSi. The Morgan fingerprint density at radius 1 is 1.55 bits per heavy atom. The van der Waals surface area contributed by atoms with E-state index >= 15 is 0 Å². The van der Waals surface area contributed by atoms with E-state index < -0.39 is 8.40 Å². The molecule has 1 fully saturated rings. The van der Waals surface area contributed by atoms with Crippen molar-refractivity contribution in [1.82, 2.24) is 9.55 Å². The van der Waals surface area contributed by atoms with Gasteiger partial charge >= 0.3 is 0 Å². The standard InChI is InChI=1S/C7H18N2OSi/c1-4-8-11(2,3)9-5-6-10-7-9/h8H,4-7H2,1-3H3. The fourth-order valence-corrected chi connectivity index (χ4v) is 3.55. The minimum atomic E-state index is -1.31. The summed E-state index contributed by atoms with van der Waals surface area (Å²) in [5, 5.41) is 0. The highest BCUT2D eigenvalue weighted by molar-refractivity contribution is 6.72. The van der Waals surface area contributed by atoms with Crippen LogP contribution in [-0.2, 0) is 4.74 Å². The van der Waals surface area contributed by atoms with Crippen molar-refractivity contribution in [3.63, 3.8) is 0 Å². The lowest BCUT2D eigenvalue weighted by molar-refractivity contribution is 0.168. The predicted octanol–water partition coefficient (Wildman–Crippen LogP) is 0.587. The van der Waals surface area contributed by atoms with E-state index in [1.165, 1.54) is 0 Å². The fraction of sp³-hybridized carbons (Fsp3) is 1.00. The number of nitrogens with one attached hydrogen (secondary N) is 1. The molecule has 1 aliphatic rings. The van der Waals surface area contributed by atoms with Crippen LogP contribution in [0.3, 0.4) is 0 Å². The number of nitrogens with zero attached hydrogens (tertiary/aromatic N) is 1. The number of hydrogen-bond acceptors (Lipinski definition) is 3. The van der Waals surface area contributed by atoms with Gasteiger partial charge in [0, 0.05) is 6.54 Å². The van der Waals surface area contributed by atoms with E-state index in [1.54, 1.807) is 0 Å². The van der Waals surface area contributed by atoms with Crippen LogP contribution in [-0.4, -0.2) is 39.4 Å². The van der Waals surface area contributed by atoms with Crippen molar-refractivity contribution in [2.75, 3.05) is 26.4 Å². The quantitative estimate of drug-likeness (QED) is 0.634. The van der Waals surface area contributed by atoms with Gasteiger partial charge in [-0.15, -0.1) is 0 Å². The van der Waals surface area contributed by atoms with Crippen molar-refractivity contribution in [3.05, 3.63) is 0 Å². The van der Waals surface area contributed by atoms with Crippen LogP contribution in [0.2, 0.25) is 13.1 Å². The zero-order chi connectivity index (χ0) is 8.32. The van der Waals surface area contributed by atoms with Crippen molar-refractivity contribution in [2.24, 2.45) is 0 Å². The van der Waals surface area contributed by atoms with Crippen LogP contribution in [0.15, 0.2) is 0 Å². The maximum atomic E-state index is 5.31. The molecule has 66 valence electrons. The fourth-order valence-electron chi connectivity index (χ4n) is 1.40. The molecule has 1 N–H and O–H groups in total. The van der Waals surface area contributed by atoms with Gasteiger partial charge in [0.25, 0.3) is 0 Å². The average Bonchev–Trinajstić information content (AvgIpc) is 2.37. The lowest BCUT2D eigenvalue weighted by Crippen LogP contribution is -2.58. The predicted molar refractivity (Wildman–Crippen MR) is 48.7 cm³/mol. The van der Waals surface area contributed by atoms with Crippen LogP contribution in [0, 0.1) is 0 Å². The van der Waals surface area contributed by atoms with Crippen LogP contribution in [0.1, 0.15) is 6.92 Å². The van der Waals surface area contributed by atoms with Crippen LogP contribution < -0.4 is 4.98 Å². The largest absolute Gasteiger partial charge is 0.365 e. The van der Waals surface area contributed by atoms with E-state index in [-0.39, 0.29) is 0 Å². The van der Waals surface area contributed by atoms with Gasteiger partial charge in [-0.3, -0.25) is 4.57 Å². The second-order valence-electron chi connectivity index (χ2n) is 3.39. The first-order chi connectivity index (χ1) is 5.17. The monoisotopic (exact) mass is 174 g/mol. The highest BCUT2D eigenvalue weighted by atomic mass is 28.3. The van der Waals surface area contributed by atoms with Gasteiger partial charge in [0.2, 0.25) is 0 Å². The number of ether oxygens (including phenoxy) is 1. The van der Waals surface area contributed by atoms with Crippen molar-refractivity contribution < 1.29 is 4.74 Å². The molecular weight excluding hydrogens is 156 g/mol. The van der Waals surface area contributed by atoms with E-state index in [0.29, 0.717) is 0 Å². The highest BCUT2D eigenvalue weighted by Crippen LogP contribution is 2.09. The molecule has 11 heavy (non-hydrogen) atoms. The summed E-state index contributed by atoms with van der Waals surface area (Å²) in [6.07, 6.45) is 0. The van der Waals surface area contributed by atoms with Crippen LogP contribution in [0.4, 0.5) is 0 Å². The normalized spacial score (nSPS) is 21.0. The molecule has 0 unspecified atom stereocenters. The van der Waals surface area contributed by atoms with E-state index in [9.17, 15) is 0 Å². The first-order valence-corrected chi connectivity index (χ1v) is 7.19. The maximum absolute atomic E-state index is 5.31. The zero-order valence-corrected chi connectivity index (χ0v) is 8.68. The van der Waals surface area contributed by atoms with Gasteiger partial charge in [0.1, 0.15) is 0 Å². The van der Waals surface area contributed by atoms with Crippen molar-refractivity contribution >= 4 is 8.40 Å². The van der Waals surface area contributed by atoms with E-state index in [4.69, 9.17) is 4.74 Å². The van der Waals surface area contributed by atoms with Gasteiger partial charge in [-0.05, 0) is 19.6 Å². The summed E-state index contributed by atoms with van der Waals surface area (Å²) in [7, 11) is -1.31. The molecule has 0 amide bonds. The van der Waals surface area contributed by atoms with Crippen molar-refractivity contribution in [1.29, 1.82) is 0 Å². The molecule has 1 aliphatic heterocycles. The topological polar surface area (TPSA) is 24.5 Å². The Balaban J connectivity index is 2.41. The first-order valence-electron chi connectivity index (χ1n) is 4.24. The number of rotatable bonds is 3. The lowest BCUT2D eigenvalue weighted by atomic mass is 10.7. The summed E-state index contributed by atoms with van der Waals surface area (Å²) in [4.78, 5) is 3.55. The summed E-state index contributed by atoms with van der Waals surface area (Å²) in [6, 6.07) is 0. The maximum Gasteiger partial charge on any atom is 0.199 e. The second-order valence-corrected chi connectivity index (χ2v) is 7.49. The Bertz CT molecular complexity index is 124. The molecule has 0 aliphatic carbocycles. The molecule has 1 rings (SSSR count). The van der Waals surface area contributed by atoms with Crippen LogP contribution in [0.25, 0.3) is 0 Å². The second kappa shape index (κ2) is 3.67. The summed E-state index contributed by atoms with van der Waals surface area (Å²) < 4.78 is 7.75. The minimum absolute atomic E-state index is 0.826. The molecule has 0 radical (unpaired) electrons. The van der Waals surface area contributed by atoms with Gasteiger partial charge in [-0.1, -0.05) is 6.92 Å². The van der Waals surface area contributed by atoms with E-state index in [2.05, 4.69) is 29.6 Å². The third kappa shape index (κ3) is 2.26. The van der Waals surface area contributed by atoms with Gasteiger partial charge in [0.05, 0.1) is 13.3 Å². The Hall–Kier alpha value is 0.0969. The summed E-state index contributed by atoms with van der Waals surface area (Å²) in [5.74, 6) is 0. The lowest BCUT2D eigenvalue weighted by Gasteiger charge is -2.32. The molecule has 0 aromatic carbocycles. The van der Waals surface area contributed by atoms with Crippen molar-refractivity contribution in [2.45, 2.75) is 20.0 Å². The van der Waals surface area contributed by atoms with Crippen LogP contribution in [0.5, 0.6) is 0 Å². The molecule has 4 heteroatoms. The zero-order valence-electron chi connectivity index (χ0n) is 7.68. The smallest absolute Gasteiger partial charge is 0.199 e. The first kappa shape index (κ1) is 9.19. The number of hydrogen-bond donors (Lipinski definition) is 1. The van der Waals surface area contributed by atoms with Gasteiger partial charge in [-0.2, -0.15) is 0 Å². The summed E-state index contributed by atoms with van der Waals surface area (Å²) >= 11 is 0. The van der Waals surface area contributed by atoms with Gasteiger partial charge in [-0.25, -0.2) is 0 Å². The average molecular weight is 174 g/mol. The third-order valence-corrected chi connectivity index (χ3v) is 5.31. The van der Waals surface area contributed by atoms with Gasteiger partial charge < -0.3 is 9.72 Å². The Kier molecular flexibility index (Phi) is 3.06. The molecule has 1 saturated heterocycles. The minimum Gasteiger partial charge on any atom is -0.365 e. The SMILES string of the molecule is CCN[Si](C)(C)N1CCOC1. The summed E-state index contributed by atoms with van der Waals surface area (Å²) in [6.45, 7) is 10.7. The Morgan fingerprint density at radius 3 is 2.73 bits per heavy atom. The molecule has 0 spiro atoms. The highest BCUT2D eigenvalue weighted by Gasteiger charge is 2.31. The van der Waals surface area contributed by atoms with Crippen LogP contribution >= 0.6 is 0 Å². The molecule has 0 aromatic heterocycles. The molecule has 0 aromatic rings. The molecule has 1 heterocycles. The van der Waals surface area contributed by atoms with Crippen molar-refractivity contribution in [3.8, 4) is 0 Å². The molecule has 0 atom stereocenters. The summed E-state index contributed by atoms with van der Waals surface area (Å²) in [5.41, 5.74) is 0. The molecule has 0 saturated carbocycles. The molecule has 0 bridgehead atoms. The van der Waals surface area contributed by atoms with E-state index in [1.807, 2.05) is 0 Å². The Morgan fingerprint density at radius 2 is 2.27 bits per heavy atom. The Labute approximate surface area is 69.9 Å². The molecule has 3 nitrogen and oxygen atoms in total. The van der Waals surface area contributed by atoms with E-state index in [0.717, 1.165) is 26.4 Å². The van der Waals surface area contributed by atoms with Gasteiger partial charge in [0.15, 0.2) is 8.40 Å².